The third kappa shape index (κ3) is 2.37. The number of hydrogen-bond acceptors (Lipinski definition) is 4. The van der Waals surface area contributed by atoms with Gasteiger partial charge in [0.1, 0.15) is 5.82 Å². The predicted molar refractivity (Wildman–Crippen MR) is 78.4 cm³/mol. The van der Waals surface area contributed by atoms with Gasteiger partial charge in [0.2, 0.25) is 5.88 Å². The van der Waals surface area contributed by atoms with E-state index in [0.29, 0.717) is 16.5 Å². The van der Waals surface area contributed by atoms with E-state index < -0.39 is 4.92 Å². The molecule has 0 aliphatic carbocycles. The second-order valence-corrected chi connectivity index (χ2v) is 4.72. The third-order valence-corrected chi connectivity index (χ3v) is 3.38. The van der Waals surface area contributed by atoms with Crippen molar-refractivity contribution in [3.05, 3.63) is 64.0 Å². The molecule has 0 fully saturated rings. The Morgan fingerprint density at radius 3 is 2.77 bits per heavy atom. The van der Waals surface area contributed by atoms with Crippen molar-refractivity contribution >= 4 is 16.6 Å². The van der Waals surface area contributed by atoms with Gasteiger partial charge in [-0.05, 0) is 12.1 Å². The number of nitrogens with zero attached hydrogens (tertiary/aromatic N) is 3. The van der Waals surface area contributed by atoms with Crippen molar-refractivity contribution in [3.63, 3.8) is 0 Å². The maximum atomic E-state index is 13.8. The molecule has 1 aromatic heterocycles. The van der Waals surface area contributed by atoms with Gasteiger partial charge >= 0.3 is 0 Å². The van der Waals surface area contributed by atoms with Crippen molar-refractivity contribution in [3.8, 4) is 5.88 Å². The summed E-state index contributed by atoms with van der Waals surface area (Å²) in [6.07, 6.45) is 0. The van der Waals surface area contributed by atoms with Crippen LogP contribution in [0.5, 0.6) is 5.88 Å². The van der Waals surface area contributed by atoms with Crippen LogP contribution in [0.15, 0.2) is 42.5 Å². The Kier molecular flexibility index (Phi) is 3.46. The lowest BCUT2D eigenvalue weighted by molar-refractivity contribution is -0.384. The number of non-ortho nitro benzene ring substituents is 1. The zero-order chi connectivity index (χ0) is 15.7. The summed E-state index contributed by atoms with van der Waals surface area (Å²) in [5, 5.41) is 15.6. The van der Waals surface area contributed by atoms with Crippen molar-refractivity contribution in [2.75, 3.05) is 7.11 Å². The summed E-state index contributed by atoms with van der Waals surface area (Å²) in [6, 6.07) is 10.8. The number of methoxy groups -OCH3 is 1. The lowest BCUT2D eigenvalue weighted by Crippen LogP contribution is -2.03. The average molecular weight is 301 g/mol. The Morgan fingerprint density at radius 2 is 2.09 bits per heavy atom. The van der Waals surface area contributed by atoms with Crippen molar-refractivity contribution in [2.24, 2.45) is 0 Å². The summed E-state index contributed by atoms with van der Waals surface area (Å²) in [6.45, 7) is 0.213. The molecule has 112 valence electrons. The van der Waals surface area contributed by atoms with Crippen molar-refractivity contribution < 1.29 is 14.1 Å². The van der Waals surface area contributed by atoms with Gasteiger partial charge in [0, 0.05) is 17.7 Å². The highest BCUT2D eigenvalue weighted by Crippen LogP contribution is 2.29. The minimum atomic E-state index is -0.479. The fraction of sp³-hybridized carbons (Fsp3) is 0.133. The number of hydrogen-bond donors (Lipinski definition) is 0. The lowest BCUT2D eigenvalue weighted by Gasteiger charge is -2.04. The van der Waals surface area contributed by atoms with Crippen LogP contribution in [0.25, 0.3) is 10.9 Å². The zero-order valence-corrected chi connectivity index (χ0v) is 11.7. The molecule has 7 heteroatoms. The maximum absolute atomic E-state index is 13.8. The molecule has 3 aromatic rings. The van der Waals surface area contributed by atoms with E-state index in [9.17, 15) is 14.5 Å². The summed E-state index contributed by atoms with van der Waals surface area (Å²) < 4.78 is 20.5. The third-order valence-electron chi connectivity index (χ3n) is 3.38. The molecule has 0 unspecified atom stereocenters. The van der Waals surface area contributed by atoms with E-state index in [1.165, 1.54) is 25.3 Å². The Balaban J connectivity index is 2.11. The number of aromatic nitrogens is 2. The highest BCUT2D eigenvalue weighted by atomic mass is 19.1. The first-order chi connectivity index (χ1) is 10.6. The fourth-order valence-corrected chi connectivity index (χ4v) is 2.31. The molecule has 1 heterocycles. The summed E-state index contributed by atoms with van der Waals surface area (Å²) >= 11 is 0. The molecule has 6 nitrogen and oxygen atoms in total. The van der Waals surface area contributed by atoms with Crippen LogP contribution < -0.4 is 4.74 Å². The van der Waals surface area contributed by atoms with E-state index in [0.717, 1.165) is 0 Å². The molecule has 22 heavy (non-hydrogen) atoms. The van der Waals surface area contributed by atoms with Crippen LogP contribution in [-0.4, -0.2) is 21.8 Å². The Hall–Kier alpha value is -2.96. The fourth-order valence-electron chi connectivity index (χ4n) is 2.31. The van der Waals surface area contributed by atoms with Crippen molar-refractivity contribution in [1.29, 1.82) is 0 Å². The highest BCUT2D eigenvalue weighted by Gasteiger charge is 2.16. The van der Waals surface area contributed by atoms with Crippen LogP contribution in [0.4, 0.5) is 10.1 Å². The number of fused-ring (bicyclic) bond motifs is 1. The first-order valence-corrected chi connectivity index (χ1v) is 6.52. The van der Waals surface area contributed by atoms with Crippen LogP contribution in [0.2, 0.25) is 0 Å². The van der Waals surface area contributed by atoms with Crippen LogP contribution in [0, 0.1) is 15.9 Å². The predicted octanol–water partition coefficient (Wildman–Crippen LogP) is 3.14. The van der Waals surface area contributed by atoms with E-state index in [4.69, 9.17) is 4.74 Å². The van der Waals surface area contributed by atoms with Crippen LogP contribution in [-0.2, 0) is 6.54 Å². The molecule has 0 saturated heterocycles. The molecule has 0 spiro atoms. The molecule has 0 aliphatic heterocycles. The molecule has 0 atom stereocenters. The van der Waals surface area contributed by atoms with Gasteiger partial charge in [-0.3, -0.25) is 14.8 Å². The van der Waals surface area contributed by atoms with Crippen LogP contribution >= 0.6 is 0 Å². The van der Waals surface area contributed by atoms with Gasteiger partial charge in [-0.25, -0.2) is 4.39 Å². The van der Waals surface area contributed by atoms with Gasteiger partial charge in [0.15, 0.2) is 0 Å². The molecule has 2 aromatic carbocycles. The Labute approximate surface area is 124 Å². The maximum Gasteiger partial charge on any atom is 0.270 e. The largest absolute Gasteiger partial charge is 0.479 e. The first kappa shape index (κ1) is 14.0. The lowest BCUT2D eigenvalue weighted by atomic mass is 10.2. The SMILES string of the molecule is COc1nn(Cc2ccccc2F)c2ccc([N+](=O)[O-])cc12. The van der Waals surface area contributed by atoms with E-state index >= 15 is 0 Å². The van der Waals surface area contributed by atoms with Crippen molar-refractivity contribution in [2.45, 2.75) is 6.54 Å². The van der Waals surface area contributed by atoms with E-state index in [2.05, 4.69) is 5.10 Å². The second kappa shape index (κ2) is 5.44. The molecule has 0 radical (unpaired) electrons. The van der Waals surface area contributed by atoms with Gasteiger partial charge in [-0.2, -0.15) is 0 Å². The Morgan fingerprint density at radius 1 is 1.32 bits per heavy atom. The number of nitro groups is 1. The molecule has 0 aliphatic rings. The van der Waals surface area contributed by atoms with Gasteiger partial charge < -0.3 is 4.74 Å². The number of ether oxygens (including phenoxy) is 1. The number of rotatable bonds is 4. The van der Waals surface area contributed by atoms with Crippen LogP contribution in [0.3, 0.4) is 0 Å². The molecule has 0 saturated carbocycles. The smallest absolute Gasteiger partial charge is 0.270 e. The Bertz CT molecular complexity index is 860. The van der Waals surface area contributed by atoms with E-state index in [1.54, 1.807) is 28.9 Å². The molecule has 0 amide bonds. The van der Waals surface area contributed by atoms with Crippen LogP contribution in [0.1, 0.15) is 5.56 Å². The molecule has 0 bridgehead atoms. The minimum Gasteiger partial charge on any atom is -0.479 e. The highest BCUT2D eigenvalue weighted by molar-refractivity contribution is 5.86. The minimum absolute atomic E-state index is 0.0451. The van der Waals surface area contributed by atoms with Gasteiger partial charge in [-0.1, -0.05) is 18.2 Å². The zero-order valence-electron chi connectivity index (χ0n) is 11.7. The van der Waals surface area contributed by atoms with Crippen molar-refractivity contribution in [1.82, 2.24) is 9.78 Å². The van der Waals surface area contributed by atoms with Gasteiger partial charge in [-0.15, -0.1) is 5.10 Å². The number of benzene rings is 2. The molecular weight excluding hydrogens is 289 g/mol. The molecule has 3 rings (SSSR count). The van der Waals surface area contributed by atoms with E-state index in [-0.39, 0.29) is 23.9 Å². The van der Waals surface area contributed by atoms with Gasteiger partial charge in [0.25, 0.3) is 5.69 Å². The average Bonchev–Trinajstić information content (AvgIpc) is 2.87. The van der Waals surface area contributed by atoms with Gasteiger partial charge in [0.05, 0.1) is 29.5 Å². The first-order valence-electron chi connectivity index (χ1n) is 6.52. The summed E-state index contributed by atoms with van der Waals surface area (Å²) in [4.78, 5) is 10.4. The number of halogens is 1. The monoisotopic (exact) mass is 301 g/mol. The second-order valence-electron chi connectivity index (χ2n) is 4.72. The summed E-state index contributed by atoms with van der Waals surface area (Å²) in [5.74, 6) is -0.0536. The standard InChI is InChI=1S/C15H12FN3O3/c1-22-15-12-8-11(19(20)21)6-7-14(12)18(17-15)9-10-4-2-3-5-13(10)16/h2-8H,9H2,1H3. The topological polar surface area (TPSA) is 70.2 Å². The molecular formula is C15H12FN3O3. The van der Waals surface area contributed by atoms with E-state index in [1.807, 2.05) is 0 Å². The summed E-state index contributed by atoms with van der Waals surface area (Å²) in [5.41, 5.74) is 1.08. The number of nitro benzene ring substituents is 1. The summed E-state index contributed by atoms with van der Waals surface area (Å²) in [7, 11) is 1.44. The quantitative estimate of drug-likeness (QED) is 0.548. The molecule has 0 N–H and O–H groups in total. The normalized spacial score (nSPS) is 10.8.